The van der Waals surface area contributed by atoms with E-state index in [0.717, 1.165) is 16.0 Å². The molecule has 1 N–H and O–H groups in total. The number of anilines is 1. The van der Waals surface area contributed by atoms with Crippen molar-refractivity contribution in [3.8, 4) is 0 Å². The summed E-state index contributed by atoms with van der Waals surface area (Å²) in [7, 11) is 0. The first kappa shape index (κ1) is 13.3. The highest BCUT2D eigenvalue weighted by Crippen LogP contribution is 2.19. The Bertz CT molecular complexity index is 523. The lowest BCUT2D eigenvalue weighted by Gasteiger charge is -2.10. The molecule has 0 atom stereocenters. The predicted octanol–water partition coefficient (Wildman–Crippen LogP) is 4.56. The molecular weight excluding hydrogens is 319 g/mol. The lowest BCUT2D eigenvalue weighted by Crippen LogP contribution is -2.04. The summed E-state index contributed by atoms with van der Waals surface area (Å²) >= 11 is 9.00. The Morgan fingerprint density at radius 3 is 2.78 bits per heavy atom. The molecule has 18 heavy (non-hydrogen) atoms. The van der Waals surface area contributed by atoms with Crippen LogP contribution in [0.15, 0.2) is 34.9 Å². The van der Waals surface area contributed by atoms with Gasteiger partial charge in [-0.2, -0.15) is 0 Å². The number of rotatable bonds is 3. The number of nitrogens with zero attached hydrogens (tertiary/aromatic N) is 1. The Kier molecular flexibility index (Phi) is 4.19. The molecule has 0 unspecified atom stereocenters. The average molecular weight is 330 g/mol. The van der Waals surface area contributed by atoms with Crippen LogP contribution in [0.25, 0.3) is 0 Å². The van der Waals surface area contributed by atoms with Crippen LogP contribution in [-0.2, 0) is 6.54 Å². The van der Waals surface area contributed by atoms with Gasteiger partial charge in [0.1, 0.15) is 10.4 Å². The Morgan fingerprint density at radius 2 is 2.11 bits per heavy atom. The molecule has 1 aromatic carbocycles. The van der Waals surface area contributed by atoms with Gasteiger partial charge in [-0.3, -0.25) is 0 Å². The first-order valence-electron chi connectivity index (χ1n) is 5.37. The van der Waals surface area contributed by atoms with Crippen LogP contribution in [0.5, 0.6) is 0 Å². The molecule has 1 aromatic heterocycles. The standard InChI is InChI=1S/C13H11BrClFN2/c1-8-12(4-5-13(14)18-8)17-7-9-2-3-10(15)6-11(9)16/h2-6,17H,7H2,1H3. The third-order valence-electron chi connectivity index (χ3n) is 2.54. The zero-order valence-electron chi connectivity index (χ0n) is 9.67. The summed E-state index contributed by atoms with van der Waals surface area (Å²) in [6.07, 6.45) is 0. The van der Waals surface area contributed by atoms with Gasteiger partial charge < -0.3 is 5.32 Å². The van der Waals surface area contributed by atoms with E-state index in [9.17, 15) is 4.39 Å². The van der Waals surface area contributed by atoms with E-state index in [0.29, 0.717) is 17.1 Å². The number of aryl methyl sites for hydroxylation is 1. The molecule has 2 aromatic rings. The molecule has 0 aliphatic heterocycles. The van der Waals surface area contributed by atoms with Crippen molar-refractivity contribution < 1.29 is 4.39 Å². The average Bonchev–Trinajstić information content (AvgIpc) is 2.30. The van der Waals surface area contributed by atoms with E-state index in [1.165, 1.54) is 6.07 Å². The first-order valence-corrected chi connectivity index (χ1v) is 6.54. The Balaban J connectivity index is 2.11. The summed E-state index contributed by atoms with van der Waals surface area (Å²) in [6.45, 7) is 2.29. The molecular formula is C13H11BrClFN2. The molecule has 0 saturated heterocycles. The van der Waals surface area contributed by atoms with Crippen molar-refractivity contribution in [1.82, 2.24) is 4.98 Å². The fourth-order valence-electron chi connectivity index (χ4n) is 1.57. The van der Waals surface area contributed by atoms with Crippen LogP contribution >= 0.6 is 27.5 Å². The molecule has 0 aliphatic rings. The van der Waals surface area contributed by atoms with E-state index < -0.39 is 0 Å². The molecule has 0 aliphatic carbocycles. The van der Waals surface area contributed by atoms with Gasteiger partial charge in [0.25, 0.3) is 0 Å². The van der Waals surface area contributed by atoms with E-state index in [2.05, 4.69) is 26.2 Å². The zero-order valence-corrected chi connectivity index (χ0v) is 12.0. The normalized spacial score (nSPS) is 10.4. The van der Waals surface area contributed by atoms with Crippen molar-refractivity contribution in [1.29, 1.82) is 0 Å². The van der Waals surface area contributed by atoms with E-state index in [-0.39, 0.29) is 5.82 Å². The minimum atomic E-state index is -0.308. The molecule has 0 fully saturated rings. The summed E-state index contributed by atoms with van der Waals surface area (Å²) in [5.74, 6) is -0.308. The maximum Gasteiger partial charge on any atom is 0.129 e. The van der Waals surface area contributed by atoms with Crippen LogP contribution in [0.2, 0.25) is 5.02 Å². The monoisotopic (exact) mass is 328 g/mol. The molecule has 2 rings (SSSR count). The SMILES string of the molecule is Cc1nc(Br)ccc1NCc1ccc(Cl)cc1F. The second-order valence-electron chi connectivity index (χ2n) is 3.86. The van der Waals surface area contributed by atoms with Gasteiger partial charge in [-0.05, 0) is 47.1 Å². The van der Waals surface area contributed by atoms with Gasteiger partial charge in [0.15, 0.2) is 0 Å². The van der Waals surface area contributed by atoms with E-state index in [1.54, 1.807) is 12.1 Å². The maximum atomic E-state index is 13.6. The quantitative estimate of drug-likeness (QED) is 0.835. The topological polar surface area (TPSA) is 24.9 Å². The van der Waals surface area contributed by atoms with E-state index in [1.807, 2.05) is 19.1 Å². The Morgan fingerprint density at radius 1 is 1.33 bits per heavy atom. The van der Waals surface area contributed by atoms with Crippen LogP contribution in [-0.4, -0.2) is 4.98 Å². The third kappa shape index (κ3) is 3.21. The molecule has 5 heteroatoms. The van der Waals surface area contributed by atoms with Crippen molar-refractivity contribution in [2.75, 3.05) is 5.32 Å². The van der Waals surface area contributed by atoms with Crippen molar-refractivity contribution >= 4 is 33.2 Å². The molecule has 0 saturated carbocycles. The number of pyridine rings is 1. The largest absolute Gasteiger partial charge is 0.379 e. The fraction of sp³-hybridized carbons (Fsp3) is 0.154. The molecule has 0 bridgehead atoms. The summed E-state index contributed by atoms with van der Waals surface area (Å²) in [5.41, 5.74) is 2.31. The number of halogens is 3. The zero-order chi connectivity index (χ0) is 13.1. The lowest BCUT2D eigenvalue weighted by molar-refractivity contribution is 0.613. The molecule has 0 amide bonds. The Hall–Kier alpha value is -1.13. The van der Waals surface area contributed by atoms with E-state index >= 15 is 0 Å². The number of hydrogen-bond donors (Lipinski definition) is 1. The highest BCUT2D eigenvalue weighted by atomic mass is 79.9. The van der Waals surface area contributed by atoms with Gasteiger partial charge in [-0.15, -0.1) is 0 Å². The lowest BCUT2D eigenvalue weighted by atomic mass is 10.2. The molecule has 2 nitrogen and oxygen atoms in total. The van der Waals surface area contributed by atoms with Crippen LogP contribution in [0.3, 0.4) is 0 Å². The van der Waals surface area contributed by atoms with Crippen molar-refractivity contribution in [2.24, 2.45) is 0 Å². The molecule has 1 heterocycles. The van der Waals surface area contributed by atoms with Gasteiger partial charge in [-0.1, -0.05) is 17.7 Å². The smallest absolute Gasteiger partial charge is 0.129 e. The van der Waals surface area contributed by atoms with Crippen LogP contribution in [0.4, 0.5) is 10.1 Å². The van der Waals surface area contributed by atoms with Crippen molar-refractivity contribution in [3.63, 3.8) is 0 Å². The first-order chi connectivity index (χ1) is 8.56. The summed E-state index contributed by atoms with van der Waals surface area (Å²) < 4.78 is 14.4. The number of nitrogens with one attached hydrogen (secondary N) is 1. The molecule has 0 spiro atoms. The van der Waals surface area contributed by atoms with Gasteiger partial charge in [0.2, 0.25) is 0 Å². The summed E-state index contributed by atoms with van der Waals surface area (Å²) in [6, 6.07) is 8.40. The minimum absolute atomic E-state index is 0.308. The fourth-order valence-corrected chi connectivity index (χ4v) is 2.13. The van der Waals surface area contributed by atoms with Gasteiger partial charge in [0.05, 0.1) is 11.4 Å². The number of benzene rings is 1. The highest BCUT2D eigenvalue weighted by Gasteiger charge is 2.04. The second kappa shape index (κ2) is 5.67. The second-order valence-corrected chi connectivity index (χ2v) is 5.11. The predicted molar refractivity (Wildman–Crippen MR) is 75.4 cm³/mol. The van der Waals surface area contributed by atoms with Gasteiger partial charge in [0, 0.05) is 17.1 Å². The van der Waals surface area contributed by atoms with Crippen molar-refractivity contribution in [3.05, 3.63) is 57.0 Å². The maximum absolute atomic E-state index is 13.6. The third-order valence-corrected chi connectivity index (χ3v) is 3.21. The van der Waals surface area contributed by atoms with Crippen LogP contribution in [0.1, 0.15) is 11.3 Å². The summed E-state index contributed by atoms with van der Waals surface area (Å²) in [4.78, 5) is 4.26. The van der Waals surface area contributed by atoms with Crippen LogP contribution in [0, 0.1) is 12.7 Å². The minimum Gasteiger partial charge on any atom is -0.379 e. The molecule has 94 valence electrons. The number of aromatic nitrogens is 1. The Labute approximate surface area is 118 Å². The molecule has 0 radical (unpaired) electrons. The summed E-state index contributed by atoms with van der Waals surface area (Å²) in [5, 5.41) is 3.55. The van der Waals surface area contributed by atoms with Crippen LogP contribution < -0.4 is 5.32 Å². The number of hydrogen-bond acceptors (Lipinski definition) is 2. The highest BCUT2D eigenvalue weighted by molar-refractivity contribution is 9.10. The van der Waals surface area contributed by atoms with Gasteiger partial charge in [-0.25, -0.2) is 9.37 Å². The van der Waals surface area contributed by atoms with E-state index in [4.69, 9.17) is 11.6 Å². The van der Waals surface area contributed by atoms with Crippen molar-refractivity contribution in [2.45, 2.75) is 13.5 Å². The van der Waals surface area contributed by atoms with Gasteiger partial charge >= 0.3 is 0 Å².